The first-order valence-electron chi connectivity index (χ1n) is 5.05. The summed E-state index contributed by atoms with van der Waals surface area (Å²) in [5.74, 6) is 2.76. The number of nitrogens with zero attached hydrogens (tertiary/aromatic N) is 1. The number of terminal acetylenes is 1. The van der Waals surface area contributed by atoms with Gasteiger partial charge in [0.15, 0.2) is 6.10 Å². The number of hydrogen-bond donors (Lipinski definition) is 1. The molecule has 0 aliphatic heterocycles. The number of nitriles is 1. The molecular weight excluding hydrogens is 216 g/mol. The van der Waals surface area contributed by atoms with Gasteiger partial charge in [-0.1, -0.05) is 5.92 Å². The summed E-state index contributed by atoms with van der Waals surface area (Å²) < 4.78 is 5.36. The molecular formula is C13H12N2O2. The van der Waals surface area contributed by atoms with Gasteiger partial charge < -0.3 is 10.1 Å². The second-order valence-electron chi connectivity index (χ2n) is 3.29. The molecule has 0 saturated heterocycles. The van der Waals surface area contributed by atoms with E-state index in [0.717, 1.165) is 0 Å². The van der Waals surface area contributed by atoms with Gasteiger partial charge in [-0.25, -0.2) is 0 Å². The Labute approximate surface area is 100 Å². The van der Waals surface area contributed by atoms with Crippen LogP contribution < -0.4 is 10.1 Å². The summed E-state index contributed by atoms with van der Waals surface area (Å²) >= 11 is 0. The first kappa shape index (κ1) is 12.6. The molecule has 1 amide bonds. The molecule has 0 spiro atoms. The fourth-order valence-electron chi connectivity index (χ4n) is 1.14. The summed E-state index contributed by atoms with van der Waals surface area (Å²) in [4.78, 5) is 11.5. The maximum atomic E-state index is 11.5. The van der Waals surface area contributed by atoms with E-state index >= 15 is 0 Å². The van der Waals surface area contributed by atoms with Crippen molar-refractivity contribution in [2.75, 3.05) is 6.54 Å². The molecule has 1 aromatic carbocycles. The highest BCUT2D eigenvalue weighted by atomic mass is 16.5. The summed E-state index contributed by atoms with van der Waals surface area (Å²) in [5.41, 5.74) is 0.473. The number of hydrogen-bond acceptors (Lipinski definition) is 3. The third kappa shape index (κ3) is 3.89. The van der Waals surface area contributed by atoms with Gasteiger partial charge in [0, 0.05) is 5.56 Å². The van der Waals surface area contributed by atoms with E-state index in [1.807, 2.05) is 6.07 Å². The Hall–Kier alpha value is -2.46. The van der Waals surface area contributed by atoms with Crippen LogP contribution in [0.25, 0.3) is 0 Å². The largest absolute Gasteiger partial charge is 0.478 e. The van der Waals surface area contributed by atoms with Crippen molar-refractivity contribution in [2.24, 2.45) is 0 Å². The number of ether oxygens (including phenoxy) is 1. The summed E-state index contributed by atoms with van der Waals surface area (Å²) in [5, 5.41) is 10.8. The molecule has 0 aromatic heterocycles. The van der Waals surface area contributed by atoms with Crippen LogP contribution in [0.3, 0.4) is 0 Å². The highest BCUT2D eigenvalue weighted by molar-refractivity contribution is 5.94. The van der Waals surface area contributed by atoms with Crippen LogP contribution in [0.4, 0.5) is 0 Å². The molecule has 1 unspecified atom stereocenters. The maximum absolute atomic E-state index is 11.5. The highest BCUT2D eigenvalue weighted by Crippen LogP contribution is 2.13. The Kier molecular flexibility index (Phi) is 4.59. The summed E-state index contributed by atoms with van der Waals surface area (Å²) in [6.45, 7) is 1.75. The molecule has 86 valence electrons. The van der Waals surface area contributed by atoms with Gasteiger partial charge >= 0.3 is 0 Å². The van der Waals surface area contributed by atoms with Crippen LogP contribution in [0.1, 0.15) is 17.3 Å². The average molecular weight is 228 g/mol. The zero-order valence-corrected chi connectivity index (χ0v) is 9.43. The Balaban J connectivity index is 2.65. The van der Waals surface area contributed by atoms with E-state index in [9.17, 15) is 4.79 Å². The molecule has 0 radical (unpaired) electrons. The molecule has 0 bridgehead atoms. The molecule has 1 N–H and O–H groups in total. The minimum Gasteiger partial charge on any atom is -0.478 e. The number of carbonyl (C=O) groups excluding carboxylic acids is 1. The van der Waals surface area contributed by atoms with Crippen molar-refractivity contribution in [3.63, 3.8) is 0 Å². The predicted molar refractivity (Wildman–Crippen MR) is 63.3 cm³/mol. The lowest BCUT2D eigenvalue weighted by Crippen LogP contribution is -2.23. The Morgan fingerprint density at radius 2 is 2.18 bits per heavy atom. The lowest BCUT2D eigenvalue weighted by atomic mass is 10.2. The van der Waals surface area contributed by atoms with Crippen molar-refractivity contribution in [1.29, 1.82) is 5.26 Å². The lowest BCUT2D eigenvalue weighted by Gasteiger charge is -2.09. The van der Waals surface area contributed by atoms with Crippen LogP contribution in [0, 0.1) is 23.7 Å². The zero-order chi connectivity index (χ0) is 12.7. The number of carbonyl (C=O) groups is 1. The first-order valence-corrected chi connectivity index (χ1v) is 5.05. The maximum Gasteiger partial charge on any atom is 0.252 e. The number of nitrogens with one attached hydrogen (secondary N) is 1. The molecule has 0 saturated carbocycles. The van der Waals surface area contributed by atoms with Crippen molar-refractivity contribution in [3.05, 3.63) is 29.8 Å². The minimum atomic E-state index is -0.312. The molecule has 0 aliphatic rings. The molecule has 0 fully saturated rings. The lowest BCUT2D eigenvalue weighted by molar-refractivity contribution is 0.0958. The van der Waals surface area contributed by atoms with E-state index in [1.165, 1.54) is 0 Å². The molecule has 0 heterocycles. The minimum absolute atomic E-state index is 0.00872. The second kappa shape index (κ2) is 6.19. The molecule has 1 aromatic rings. The molecule has 4 heteroatoms. The quantitative estimate of drug-likeness (QED) is 0.625. The van der Waals surface area contributed by atoms with Crippen LogP contribution in [0.2, 0.25) is 0 Å². The third-order valence-corrected chi connectivity index (χ3v) is 1.99. The number of benzene rings is 1. The second-order valence-corrected chi connectivity index (χ2v) is 3.29. The third-order valence-electron chi connectivity index (χ3n) is 1.99. The highest BCUT2D eigenvalue weighted by Gasteiger charge is 2.05. The van der Waals surface area contributed by atoms with Crippen LogP contribution in [-0.2, 0) is 0 Å². The van der Waals surface area contributed by atoms with E-state index in [-0.39, 0.29) is 18.6 Å². The Bertz CT molecular complexity index is 466. The van der Waals surface area contributed by atoms with Crippen molar-refractivity contribution in [2.45, 2.75) is 13.0 Å². The summed E-state index contributed by atoms with van der Waals surface area (Å²) in [6, 6.07) is 8.39. The van der Waals surface area contributed by atoms with Gasteiger partial charge in [-0.3, -0.25) is 4.79 Å². The number of amides is 1. The molecule has 4 nitrogen and oxygen atoms in total. The van der Waals surface area contributed by atoms with Crippen molar-refractivity contribution in [3.8, 4) is 24.2 Å². The fourth-order valence-corrected chi connectivity index (χ4v) is 1.14. The SMILES string of the molecule is C#CC(C)Oc1ccc(C(=O)NCC#N)cc1. The van der Waals surface area contributed by atoms with Gasteiger partial charge in [0.25, 0.3) is 5.91 Å². The van der Waals surface area contributed by atoms with Gasteiger partial charge in [0.05, 0.1) is 6.07 Å². The molecule has 1 rings (SSSR count). The average Bonchev–Trinajstić information content (AvgIpc) is 2.36. The molecule has 0 aliphatic carbocycles. The standard InChI is InChI=1S/C13H12N2O2/c1-3-10(2)17-12-6-4-11(5-7-12)13(16)15-9-8-14/h1,4-7,10H,9H2,2H3,(H,15,16). The van der Waals surface area contributed by atoms with Gasteiger partial charge in [-0.15, -0.1) is 6.42 Å². The van der Waals surface area contributed by atoms with Gasteiger partial charge in [-0.2, -0.15) is 5.26 Å². The summed E-state index contributed by atoms with van der Waals surface area (Å²) in [6.07, 6.45) is 4.87. The van der Waals surface area contributed by atoms with Crippen LogP contribution in [0.5, 0.6) is 5.75 Å². The summed E-state index contributed by atoms with van der Waals surface area (Å²) in [7, 11) is 0. The van der Waals surface area contributed by atoms with E-state index in [2.05, 4.69) is 11.2 Å². The van der Waals surface area contributed by atoms with Gasteiger partial charge in [-0.05, 0) is 31.2 Å². The Morgan fingerprint density at radius 3 is 2.71 bits per heavy atom. The van der Waals surface area contributed by atoms with Crippen molar-refractivity contribution < 1.29 is 9.53 Å². The van der Waals surface area contributed by atoms with Crippen molar-refractivity contribution in [1.82, 2.24) is 5.32 Å². The van der Waals surface area contributed by atoms with Crippen molar-refractivity contribution >= 4 is 5.91 Å². The molecule has 17 heavy (non-hydrogen) atoms. The van der Waals surface area contributed by atoms with Crippen LogP contribution in [-0.4, -0.2) is 18.6 Å². The molecule has 1 atom stereocenters. The van der Waals surface area contributed by atoms with E-state index in [0.29, 0.717) is 11.3 Å². The first-order chi connectivity index (χ1) is 8.17. The van der Waals surface area contributed by atoms with Gasteiger partial charge in [0.1, 0.15) is 12.3 Å². The zero-order valence-electron chi connectivity index (χ0n) is 9.43. The fraction of sp³-hybridized carbons (Fsp3) is 0.231. The van der Waals surface area contributed by atoms with E-state index < -0.39 is 0 Å². The smallest absolute Gasteiger partial charge is 0.252 e. The van der Waals surface area contributed by atoms with E-state index in [4.69, 9.17) is 16.4 Å². The predicted octanol–water partition coefficient (Wildman–Crippen LogP) is 1.34. The normalized spacial score (nSPS) is 10.8. The monoisotopic (exact) mass is 228 g/mol. The van der Waals surface area contributed by atoms with E-state index in [1.54, 1.807) is 31.2 Å². The van der Waals surface area contributed by atoms with Crippen LogP contribution >= 0.6 is 0 Å². The Morgan fingerprint density at radius 1 is 1.53 bits per heavy atom. The van der Waals surface area contributed by atoms with Crippen LogP contribution in [0.15, 0.2) is 24.3 Å². The van der Waals surface area contributed by atoms with Gasteiger partial charge in [0.2, 0.25) is 0 Å². The topological polar surface area (TPSA) is 62.1 Å². The number of rotatable bonds is 4.